The number of aryl methyl sites for hydroxylation is 2. The number of hydrogen-bond acceptors (Lipinski definition) is 3. The van der Waals surface area contributed by atoms with E-state index in [2.05, 4.69) is 29.5 Å². The number of pyridine rings is 1. The average molecular weight is 308 g/mol. The number of hydrogen-bond donors (Lipinski definition) is 0. The van der Waals surface area contributed by atoms with Gasteiger partial charge in [-0.2, -0.15) is 0 Å². The first-order chi connectivity index (χ1) is 10.2. The topological polar surface area (TPSA) is 39.9 Å². The van der Waals surface area contributed by atoms with Gasteiger partial charge in [0.1, 0.15) is 11.3 Å². The van der Waals surface area contributed by atoms with Crippen LogP contribution in [0.25, 0.3) is 11.2 Å². The first-order valence-electron chi connectivity index (χ1n) is 7.68. The normalized spacial score (nSPS) is 18.2. The van der Waals surface area contributed by atoms with E-state index in [4.69, 9.17) is 21.3 Å². The second-order valence-electron chi connectivity index (χ2n) is 5.88. The summed E-state index contributed by atoms with van der Waals surface area (Å²) in [7, 11) is 0. The van der Waals surface area contributed by atoms with Crippen LogP contribution < -0.4 is 0 Å². The number of rotatable bonds is 4. The van der Waals surface area contributed by atoms with Gasteiger partial charge in [0.05, 0.1) is 0 Å². The van der Waals surface area contributed by atoms with E-state index < -0.39 is 0 Å². The van der Waals surface area contributed by atoms with Crippen molar-refractivity contribution in [3.05, 3.63) is 23.7 Å². The van der Waals surface area contributed by atoms with Crippen LogP contribution in [0.2, 0.25) is 0 Å². The van der Waals surface area contributed by atoms with Crippen LogP contribution in [-0.4, -0.2) is 33.6 Å². The minimum absolute atomic E-state index is 0.382. The van der Waals surface area contributed by atoms with Gasteiger partial charge < -0.3 is 9.30 Å². The van der Waals surface area contributed by atoms with E-state index in [1.807, 2.05) is 6.20 Å². The molecule has 0 amide bonds. The van der Waals surface area contributed by atoms with Crippen molar-refractivity contribution in [1.82, 2.24) is 14.5 Å². The fraction of sp³-hybridized carbons (Fsp3) is 0.625. The molecule has 5 heteroatoms. The summed E-state index contributed by atoms with van der Waals surface area (Å²) in [6, 6.07) is 2.49. The molecular formula is C16H22ClN3O. The SMILES string of the molecule is Cc1cnc2c(c1)nc(CCCl)n2C(C)C1CCOCC1. The zero-order valence-corrected chi connectivity index (χ0v) is 13.4. The van der Waals surface area contributed by atoms with Crippen LogP contribution >= 0.6 is 11.6 Å². The Bertz CT molecular complexity index is 619. The smallest absolute Gasteiger partial charge is 0.160 e. The molecule has 3 heterocycles. The predicted molar refractivity (Wildman–Crippen MR) is 84.9 cm³/mol. The standard InChI is InChI=1S/C16H22ClN3O/c1-11-9-14-16(18-10-11)20(15(19-14)3-6-17)12(2)13-4-7-21-8-5-13/h9-10,12-13H,3-8H2,1-2H3. The lowest BCUT2D eigenvalue weighted by atomic mass is 9.92. The Morgan fingerprint density at radius 3 is 2.90 bits per heavy atom. The third-order valence-corrected chi connectivity index (χ3v) is 4.60. The number of halogens is 1. The molecule has 1 atom stereocenters. The van der Waals surface area contributed by atoms with Crippen LogP contribution in [0.3, 0.4) is 0 Å². The summed E-state index contributed by atoms with van der Waals surface area (Å²) >= 11 is 5.96. The maximum absolute atomic E-state index is 5.96. The molecule has 1 unspecified atom stereocenters. The number of ether oxygens (including phenoxy) is 1. The molecule has 2 aromatic heterocycles. The molecule has 0 radical (unpaired) electrons. The highest BCUT2D eigenvalue weighted by Gasteiger charge is 2.25. The fourth-order valence-electron chi connectivity index (χ4n) is 3.23. The second kappa shape index (κ2) is 6.32. The van der Waals surface area contributed by atoms with E-state index in [0.29, 0.717) is 17.8 Å². The highest BCUT2D eigenvalue weighted by Crippen LogP contribution is 2.31. The Kier molecular flexibility index (Phi) is 4.45. The molecule has 1 saturated heterocycles. The molecular weight excluding hydrogens is 286 g/mol. The molecule has 0 aliphatic carbocycles. The summed E-state index contributed by atoms with van der Waals surface area (Å²) in [4.78, 5) is 9.39. The van der Waals surface area contributed by atoms with E-state index in [9.17, 15) is 0 Å². The van der Waals surface area contributed by atoms with Gasteiger partial charge in [0.15, 0.2) is 5.65 Å². The van der Waals surface area contributed by atoms with Gasteiger partial charge in [-0.3, -0.25) is 0 Å². The Morgan fingerprint density at radius 2 is 2.19 bits per heavy atom. The van der Waals surface area contributed by atoms with E-state index in [-0.39, 0.29) is 0 Å². The Morgan fingerprint density at radius 1 is 1.43 bits per heavy atom. The average Bonchev–Trinajstić information content (AvgIpc) is 2.85. The number of aromatic nitrogens is 3. The Labute approximate surface area is 130 Å². The van der Waals surface area contributed by atoms with Crippen LogP contribution in [-0.2, 0) is 11.2 Å². The molecule has 1 aliphatic rings. The number of alkyl halides is 1. The quantitative estimate of drug-likeness (QED) is 0.812. The van der Waals surface area contributed by atoms with Crippen LogP contribution in [0, 0.1) is 12.8 Å². The van der Waals surface area contributed by atoms with Gasteiger partial charge in [0.2, 0.25) is 0 Å². The third kappa shape index (κ3) is 2.92. The van der Waals surface area contributed by atoms with Gasteiger partial charge in [-0.1, -0.05) is 0 Å². The summed E-state index contributed by atoms with van der Waals surface area (Å²) in [5.74, 6) is 2.26. The van der Waals surface area contributed by atoms with Gasteiger partial charge in [-0.15, -0.1) is 11.6 Å². The molecule has 1 fully saturated rings. The molecule has 114 valence electrons. The van der Waals surface area contributed by atoms with Crippen molar-refractivity contribution in [2.45, 2.75) is 39.2 Å². The molecule has 0 aromatic carbocycles. The second-order valence-corrected chi connectivity index (χ2v) is 6.26. The fourth-order valence-corrected chi connectivity index (χ4v) is 3.40. The van der Waals surface area contributed by atoms with E-state index in [1.165, 1.54) is 0 Å². The van der Waals surface area contributed by atoms with Crippen molar-refractivity contribution in [3.8, 4) is 0 Å². The molecule has 0 N–H and O–H groups in total. The van der Waals surface area contributed by atoms with E-state index in [1.54, 1.807) is 0 Å². The molecule has 0 saturated carbocycles. The summed E-state index contributed by atoms with van der Waals surface area (Å²) in [5, 5.41) is 0. The zero-order chi connectivity index (χ0) is 14.8. The zero-order valence-electron chi connectivity index (χ0n) is 12.7. The summed E-state index contributed by atoms with van der Waals surface area (Å²) in [6.07, 6.45) is 4.91. The molecule has 0 spiro atoms. The van der Waals surface area contributed by atoms with Crippen molar-refractivity contribution < 1.29 is 4.74 Å². The molecule has 21 heavy (non-hydrogen) atoms. The molecule has 2 aromatic rings. The highest BCUT2D eigenvalue weighted by atomic mass is 35.5. The molecule has 3 rings (SSSR count). The van der Waals surface area contributed by atoms with E-state index >= 15 is 0 Å². The molecule has 4 nitrogen and oxygen atoms in total. The summed E-state index contributed by atoms with van der Waals surface area (Å²) in [5.41, 5.74) is 3.11. The van der Waals surface area contributed by atoms with Gasteiger partial charge in [-0.25, -0.2) is 9.97 Å². The molecule has 1 aliphatic heterocycles. The maximum atomic E-state index is 5.96. The third-order valence-electron chi connectivity index (χ3n) is 4.41. The van der Waals surface area contributed by atoms with Gasteiger partial charge in [-0.05, 0) is 44.2 Å². The van der Waals surface area contributed by atoms with Gasteiger partial charge >= 0.3 is 0 Å². The van der Waals surface area contributed by atoms with Crippen LogP contribution in [0.5, 0.6) is 0 Å². The Hall–Kier alpha value is -1.13. The van der Waals surface area contributed by atoms with Crippen molar-refractivity contribution in [1.29, 1.82) is 0 Å². The summed E-state index contributed by atoms with van der Waals surface area (Å²) in [6.45, 7) is 6.04. The maximum Gasteiger partial charge on any atom is 0.160 e. The van der Waals surface area contributed by atoms with Gasteiger partial charge in [0.25, 0.3) is 0 Å². The molecule has 0 bridgehead atoms. The van der Waals surface area contributed by atoms with Crippen molar-refractivity contribution in [2.75, 3.05) is 19.1 Å². The van der Waals surface area contributed by atoms with Gasteiger partial charge in [0, 0.05) is 37.8 Å². The van der Waals surface area contributed by atoms with Crippen LogP contribution in [0.1, 0.15) is 37.2 Å². The number of nitrogens with zero attached hydrogens (tertiary/aromatic N) is 3. The first kappa shape index (κ1) is 14.8. The lowest BCUT2D eigenvalue weighted by Gasteiger charge is -2.29. The predicted octanol–water partition coefficient (Wildman–Crippen LogP) is 3.51. The lowest BCUT2D eigenvalue weighted by molar-refractivity contribution is 0.0514. The van der Waals surface area contributed by atoms with Crippen molar-refractivity contribution in [2.24, 2.45) is 5.92 Å². The monoisotopic (exact) mass is 307 g/mol. The van der Waals surface area contributed by atoms with Crippen molar-refractivity contribution >= 4 is 22.8 Å². The number of fused-ring (bicyclic) bond motifs is 1. The largest absolute Gasteiger partial charge is 0.381 e. The van der Waals surface area contributed by atoms with Crippen LogP contribution in [0.15, 0.2) is 12.3 Å². The number of imidazole rings is 1. The van der Waals surface area contributed by atoms with E-state index in [0.717, 1.165) is 55.0 Å². The minimum Gasteiger partial charge on any atom is -0.381 e. The summed E-state index contributed by atoms with van der Waals surface area (Å²) < 4.78 is 7.79. The first-order valence-corrected chi connectivity index (χ1v) is 8.21. The van der Waals surface area contributed by atoms with Crippen LogP contribution in [0.4, 0.5) is 0 Å². The van der Waals surface area contributed by atoms with Crippen molar-refractivity contribution in [3.63, 3.8) is 0 Å². The highest BCUT2D eigenvalue weighted by molar-refractivity contribution is 6.17. The minimum atomic E-state index is 0.382. The Balaban J connectivity index is 2.03. The lowest BCUT2D eigenvalue weighted by Crippen LogP contribution is -2.25.